The molecule has 4 heterocycles. The van der Waals surface area contributed by atoms with E-state index >= 15 is 0 Å². The van der Waals surface area contributed by atoms with Crippen LogP contribution in [0.25, 0.3) is 0 Å². The van der Waals surface area contributed by atoms with E-state index in [1.165, 1.54) is 0 Å². The summed E-state index contributed by atoms with van der Waals surface area (Å²) in [7, 11) is 3.10. The molecule has 4 aliphatic rings. The lowest BCUT2D eigenvalue weighted by atomic mass is 10.1. The van der Waals surface area contributed by atoms with Crippen molar-refractivity contribution >= 4 is 35.3 Å². The summed E-state index contributed by atoms with van der Waals surface area (Å²) in [5.41, 5.74) is 4.05. The summed E-state index contributed by atoms with van der Waals surface area (Å²) in [5.74, 6) is 1.46. The van der Waals surface area contributed by atoms with E-state index in [2.05, 4.69) is 18.2 Å². The van der Waals surface area contributed by atoms with Gasteiger partial charge in [0, 0.05) is 43.9 Å². The van der Waals surface area contributed by atoms with E-state index < -0.39 is 0 Å². The molecule has 0 radical (unpaired) electrons. The molecule has 254 valence electrons. The van der Waals surface area contributed by atoms with E-state index in [0.29, 0.717) is 84.8 Å². The Morgan fingerprint density at radius 3 is 2.10 bits per heavy atom. The van der Waals surface area contributed by atoms with E-state index in [0.717, 1.165) is 36.8 Å². The molecule has 11 nitrogen and oxygen atoms in total. The number of amides is 3. The maximum atomic E-state index is 13.6. The second-order valence-electron chi connectivity index (χ2n) is 13.2. The molecule has 2 fully saturated rings. The van der Waals surface area contributed by atoms with Crippen molar-refractivity contribution in [1.82, 2.24) is 9.80 Å². The summed E-state index contributed by atoms with van der Waals surface area (Å²) >= 11 is 0. The van der Waals surface area contributed by atoms with Crippen LogP contribution in [0.3, 0.4) is 0 Å². The Morgan fingerprint density at radius 2 is 1.44 bits per heavy atom. The van der Waals surface area contributed by atoms with Gasteiger partial charge in [-0.25, -0.2) is 0 Å². The lowest BCUT2D eigenvalue weighted by Crippen LogP contribution is -2.43. The van der Waals surface area contributed by atoms with Gasteiger partial charge in [0.2, 0.25) is 5.91 Å². The predicted octanol–water partition coefficient (Wildman–Crippen LogP) is 5.59. The highest BCUT2D eigenvalue weighted by Crippen LogP contribution is 2.41. The second-order valence-corrected chi connectivity index (χ2v) is 13.2. The zero-order valence-corrected chi connectivity index (χ0v) is 28.3. The van der Waals surface area contributed by atoms with Crippen LogP contribution in [0.5, 0.6) is 23.0 Å². The predicted molar refractivity (Wildman–Crippen MR) is 183 cm³/mol. The van der Waals surface area contributed by atoms with Crippen LogP contribution in [0.2, 0.25) is 0 Å². The summed E-state index contributed by atoms with van der Waals surface area (Å²) in [5, 5.41) is 0. The number of anilines is 1. The van der Waals surface area contributed by atoms with E-state index in [1.54, 1.807) is 48.3 Å². The Morgan fingerprint density at radius 1 is 0.833 bits per heavy atom. The van der Waals surface area contributed by atoms with Crippen molar-refractivity contribution < 1.29 is 33.3 Å². The molecule has 0 saturated carbocycles. The van der Waals surface area contributed by atoms with Crippen molar-refractivity contribution in [2.24, 2.45) is 10.9 Å². The fraction of sp³-hybridized carbons (Fsp3) is 0.459. The lowest BCUT2D eigenvalue weighted by Gasteiger charge is -2.28. The molecule has 2 saturated heterocycles. The monoisotopic (exact) mass is 656 g/mol. The third-order valence-corrected chi connectivity index (χ3v) is 9.33. The highest BCUT2D eigenvalue weighted by molar-refractivity contribution is 6.07. The van der Waals surface area contributed by atoms with Crippen LogP contribution in [0.15, 0.2) is 53.6 Å². The molecule has 3 amide bonds. The van der Waals surface area contributed by atoms with Crippen LogP contribution in [0.4, 0.5) is 11.4 Å². The number of benzene rings is 2. The Bertz CT molecular complexity index is 1680. The van der Waals surface area contributed by atoms with Gasteiger partial charge in [-0.2, -0.15) is 0 Å². The third-order valence-electron chi connectivity index (χ3n) is 9.33. The number of methoxy groups -OCH3 is 2. The van der Waals surface area contributed by atoms with Gasteiger partial charge in [-0.05, 0) is 44.2 Å². The molecule has 0 aromatic heterocycles. The number of hydrogen-bond donors (Lipinski definition) is 0. The maximum absolute atomic E-state index is 13.6. The van der Waals surface area contributed by atoms with Gasteiger partial charge < -0.3 is 33.6 Å². The number of fused-ring (bicyclic) bond motifs is 4. The van der Waals surface area contributed by atoms with E-state index in [9.17, 15) is 14.4 Å². The molecule has 0 bridgehead atoms. The smallest absolute Gasteiger partial charge is 0.257 e. The van der Waals surface area contributed by atoms with Gasteiger partial charge in [0.1, 0.15) is 0 Å². The molecular weight excluding hydrogens is 612 g/mol. The van der Waals surface area contributed by atoms with Gasteiger partial charge in [0.25, 0.3) is 11.8 Å². The third kappa shape index (κ3) is 6.37. The van der Waals surface area contributed by atoms with Crippen LogP contribution in [-0.2, 0) is 4.79 Å². The molecule has 0 aliphatic carbocycles. The average molecular weight is 657 g/mol. The summed E-state index contributed by atoms with van der Waals surface area (Å²) in [4.78, 5) is 50.2. The fourth-order valence-corrected chi connectivity index (χ4v) is 6.83. The Balaban J connectivity index is 1.07. The molecule has 48 heavy (non-hydrogen) atoms. The summed E-state index contributed by atoms with van der Waals surface area (Å²) in [6.45, 7) is 14.1. The Kier molecular flexibility index (Phi) is 9.48. The van der Waals surface area contributed by atoms with Gasteiger partial charge in [-0.15, -0.1) is 0 Å². The molecule has 6 rings (SSSR count). The van der Waals surface area contributed by atoms with Gasteiger partial charge >= 0.3 is 0 Å². The Hall–Kier alpha value is -4.80. The number of carbonyl (C=O) groups is 3. The molecule has 2 aromatic carbocycles. The number of aliphatic imine (C=N–C) groups is 1. The minimum atomic E-state index is -0.239. The van der Waals surface area contributed by atoms with Crippen LogP contribution in [-0.4, -0.2) is 92.9 Å². The zero-order chi connectivity index (χ0) is 34.1. The molecule has 0 spiro atoms. The van der Waals surface area contributed by atoms with Gasteiger partial charge in [0.15, 0.2) is 23.0 Å². The normalized spacial score (nSPS) is 19.9. The maximum Gasteiger partial charge on any atom is 0.257 e. The lowest BCUT2D eigenvalue weighted by molar-refractivity contribution is -0.121. The highest BCUT2D eigenvalue weighted by atomic mass is 16.5. The number of ether oxygens (including phenoxy) is 4. The fourth-order valence-electron chi connectivity index (χ4n) is 6.83. The number of hydrogen-bond acceptors (Lipinski definition) is 8. The first-order chi connectivity index (χ1) is 23.1. The molecular formula is C37H44N4O7. The Labute approximate surface area is 281 Å². The van der Waals surface area contributed by atoms with E-state index in [4.69, 9.17) is 18.9 Å². The number of unbranched alkanes of at least 4 members (excludes halogenated alkanes) is 2. The molecule has 4 aliphatic heterocycles. The van der Waals surface area contributed by atoms with E-state index in [-0.39, 0.29) is 35.7 Å². The first-order valence-electron chi connectivity index (χ1n) is 16.6. The standard InChI is InChI=1S/C37H44N4O7/c1-22(2)35(42)41-21-26-13-24(4)20-40(26)37(44)28-15-32(46-6)34(17-30(28)41)48-11-9-7-8-10-47-33-16-29-27(14-31(33)45-5)36(43)39-19-23(3)12-25(39)18-38-29/h14-18,22,25-26H,3-4,7-13,19-21H2,1-2,5-6H3/t25-,26-/m0/s1. The average Bonchev–Trinajstić information content (AvgIpc) is 3.58. The summed E-state index contributed by atoms with van der Waals surface area (Å²) < 4.78 is 23.5. The first-order valence-corrected chi connectivity index (χ1v) is 16.6. The molecule has 11 heteroatoms. The molecule has 2 aromatic rings. The van der Waals surface area contributed by atoms with Crippen molar-refractivity contribution in [3.63, 3.8) is 0 Å². The quantitative estimate of drug-likeness (QED) is 0.229. The van der Waals surface area contributed by atoms with Crippen LogP contribution >= 0.6 is 0 Å². The van der Waals surface area contributed by atoms with E-state index in [1.807, 2.05) is 25.0 Å². The van der Waals surface area contributed by atoms with Crippen LogP contribution < -0.4 is 23.8 Å². The van der Waals surface area contributed by atoms with Crippen LogP contribution in [0.1, 0.15) is 66.7 Å². The van der Waals surface area contributed by atoms with Crippen molar-refractivity contribution in [3.05, 3.63) is 59.7 Å². The number of nitrogens with zero attached hydrogens (tertiary/aromatic N) is 4. The first kappa shape index (κ1) is 33.1. The minimum Gasteiger partial charge on any atom is -0.493 e. The minimum absolute atomic E-state index is 0.0457. The van der Waals surface area contributed by atoms with Gasteiger partial charge in [-0.1, -0.05) is 38.2 Å². The van der Waals surface area contributed by atoms with Crippen molar-refractivity contribution in [2.45, 2.75) is 58.0 Å². The number of rotatable bonds is 11. The molecule has 0 unspecified atom stereocenters. The van der Waals surface area contributed by atoms with Crippen molar-refractivity contribution in [1.29, 1.82) is 0 Å². The topological polar surface area (TPSA) is 110 Å². The van der Waals surface area contributed by atoms with Gasteiger partial charge in [-0.3, -0.25) is 19.4 Å². The zero-order valence-electron chi connectivity index (χ0n) is 28.3. The summed E-state index contributed by atoms with van der Waals surface area (Å²) in [6.07, 6.45) is 5.55. The van der Waals surface area contributed by atoms with Gasteiger partial charge in [0.05, 0.1) is 62.0 Å². The van der Waals surface area contributed by atoms with Crippen molar-refractivity contribution in [3.8, 4) is 23.0 Å². The molecule has 2 atom stereocenters. The largest absolute Gasteiger partial charge is 0.493 e. The van der Waals surface area contributed by atoms with Crippen molar-refractivity contribution in [2.75, 3.05) is 52.0 Å². The number of carbonyl (C=O) groups excluding carboxylic acids is 3. The van der Waals surface area contributed by atoms with Crippen LogP contribution in [0, 0.1) is 5.92 Å². The SMILES string of the molecule is C=C1C[C@H]2CN(C(=O)C(C)C)c3cc(OCCCCCOc4cc5c(cc4OC)C(=O)N4CC(=C)C[C@H]4C=N5)c(OC)cc3C(=O)N2C1. The highest BCUT2D eigenvalue weighted by Gasteiger charge is 2.40. The summed E-state index contributed by atoms with van der Waals surface area (Å²) in [6, 6.07) is 6.74. The second kappa shape index (κ2) is 13.7. The molecule has 0 N–H and O–H groups in total.